The molecule has 16 heavy (non-hydrogen) atoms. The molecule has 1 aromatic rings. The van der Waals surface area contributed by atoms with Crippen LogP contribution in [0.5, 0.6) is 5.75 Å². The van der Waals surface area contributed by atoms with Crippen LogP contribution in [0.25, 0.3) is 0 Å². The highest BCUT2D eigenvalue weighted by atomic mass is 35.5. The first-order valence-electron chi connectivity index (χ1n) is 4.95. The SMILES string of the molecule is CNCC(C)Oc1ccc(Cl)cc1C(N)=O. The molecule has 0 aliphatic rings. The van der Waals surface area contributed by atoms with Crippen molar-refractivity contribution in [1.29, 1.82) is 0 Å². The molecule has 88 valence electrons. The maximum Gasteiger partial charge on any atom is 0.252 e. The molecule has 1 amide bonds. The number of hydrogen-bond donors (Lipinski definition) is 2. The molecule has 1 unspecified atom stereocenters. The second-order valence-corrected chi connectivity index (χ2v) is 3.93. The Balaban J connectivity index is 2.90. The summed E-state index contributed by atoms with van der Waals surface area (Å²) in [5.74, 6) is -0.0891. The number of rotatable bonds is 5. The Morgan fingerprint density at radius 3 is 2.88 bits per heavy atom. The van der Waals surface area contributed by atoms with Crippen LogP contribution in [0, 0.1) is 0 Å². The quantitative estimate of drug-likeness (QED) is 0.821. The van der Waals surface area contributed by atoms with Crippen molar-refractivity contribution in [3.8, 4) is 5.75 Å². The van der Waals surface area contributed by atoms with Crippen molar-refractivity contribution in [2.75, 3.05) is 13.6 Å². The van der Waals surface area contributed by atoms with Gasteiger partial charge in [-0.2, -0.15) is 0 Å². The monoisotopic (exact) mass is 242 g/mol. The highest BCUT2D eigenvalue weighted by molar-refractivity contribution is 6.31. The van der Waals surface area contributed by atoms with Crippen LogP contribution in [0.3, 0.4) is 0 Å². The maximum absolute atomic E-state index is 11.2. The summed E-state index contributed by atoms with van der Waals surface area (Å²) in [5, 5.41) is 3.44. The summed E-state index contributed by atoms with van der Waals surface area (Å²) in [5.41, 5.74) is 5.54. The number of halogens is 1. The topological polar surface area (TPSA) is 64.3 Å². The van der Waals surface area contributed by atoms with Gasteiger partial charge in [-0.3, -0.25) is 4.79 Å². The molecule has 1 rings (SSSR count). The third kappa shape index (κ3) is 3.40. The van der Waals surface area contributed by atoms with E-state index in [0.717, 1.165) is 0 Å². The van der Waals surface area contributed by atoms with Crippen LogP contribution < -0.4 is 15.8 Å². The zero-order chi connectivity index (χ0) is 12.1. The van der Waals surface area contributed by atoms with Crippen molar-refractivity contribution >= 4 is 17.5 Å². The van der Waals surface area contributed by atoms with E-state index in [9.17, 15) is 4.79 Å². The molecule has 0 saturated heterocycles. The lowest BCUT2D eigenvalue weighted by atomic mass is 10.2. The van der Waals surface area contributed by atoms with Crippen LogP contribution in [0.1, 0.15) is 17.3 Å². The number of primary amides is 1. The summed E-state index contributed by atoms with van der Waals surface area (Å²) in [6, 6.07) is 4.81. The van der Waals surface area contributed by atoms with Gasteiger partial charge >= 0.3 is 0 Å². The lowest BCUT2D eigenvalue weighted by Crippen LogP contribution is -2.27. The summed E-state index contributed by atoms with van der Waals surface area (Å²) in [6.45, 7) is 2.58. The zero-order valence-corrected chi connectivity index (χ0v) is 10.0. The second-order valence-electron chi connectivity index (χ2n) is 3.49. The lowest BCUT2D eigenvalue weighted by Gasteiger charge is -2.16. The molecule has 1 atom stereocenters. The minimum absolute atomic E-state index is 0.0516. The molecular formula is C11H15ClN2O2. The largest absolute Gasteiger partial charge is 0.489 e. The highest BCUT2D eigenvalue weighted by Gasteiger charge is 2.12. The number of nitrogens with two attached hydrogens (primary N) is 1. The Morgan fingerprint density at radius 2 is 2.31 bits per heavy atom. The van der Waals surface area contributed by atoms with Gasteiger partial charge in [-0.1, -0.05) is 11.6 Å². The Hall–Kier alpha value is -1.26. The number of benzene rings is 1. The Kier molecular flexibility index (Phi) is 4.58. The summed E-state index contributed by atoms with van der Waals surface area (Å²) in [7, 11) is 1.83. The first-order valence-corrected chi connectivity index (χ1v) is 5.33. The van der Waals surface area contributed by atoms with Gasteiger partial charge < -0.3 is 15.8 Å². The summed E-state index contributed by atoms with van der Waals surface area (Å²) in [6.07, 6.45) is -0.0516. The van der Waals surface area contributed by atoms with E-state index in [-0.39, 0.29) is 6.10 Å². The van der Waals surface area contributed by atoms with Crippen molar-refractivity contribution in [3.05, 3.63) is 28.8 Å². The van der Waals surface area contributed by atoms with Crippen LogP contribution >= 0.6 is 11.6 Å². The number of carbonyl (C=O) groups is 1. The van der Waals surface area contributed by atoms with Crippen LogP contribution in [-0.2, 0) is 0 Å². The van der Waals surface area contributed by atoms with Crippen LogP contribution in [0.2, 0.25) is 5.02 Å². The predicted octanol–water partition coefficient (Wildman–Crippen LogP) is 1.43. The Labute approximate surface area is 99.7 Å². The molecule has 0 radical (unpaired) electrons. The molecule has 0 aliphatic heterocycles. The molecule has 5 heteroatoms. The number of ether oxygens (including phenoxy) is 1. The number of hydrogen-bond acceptors (Lipinski definition) is 3. The molecule has 0 fully saturated rings. The van der Waals surface area contributed by atoms with Crippen molar-refractivity contribution < 1.29 is 9.53 Å². The Bertz CT molecular complexity index is 382. The third-order valence-corrected chi connectivity index (χ3v) is 2.26. The minimum Gasteiger partial charge on any atom is -0.489 e. The van der Waals surface area contributed by atoms with E-state index >= 15 is 0 Å². The van der Waals surface area contributed by atoms with Gasteiger partial charge in [-0.05, 0) is 32.2 Å². The van der Waals surface area contributed by atoms with Crippen molar-refractivity contribution in [3.63, 3.8) is 0 Å². The molecule has 4 nitrogen and oxygen atoms in total. The summed E-state index contributed by atoms with van der Waals surface area (Å²) >= 11 is 5.78. The first kappa shape index (κ1) is 12.8. The second kappa shape index (κ2) is 5.72. The van der Waals surface area contributed by atoms with Crippen LogP contribution in [0.4, 0.5) is 0 Å². The van der Waals surface area contributed by atoms with Gasteiger partial charge in [0.25, 0.3) is 5.91 Å². The standard InChI is InChI=1S/C11H15ClN2O2/c1-7(6-14-2)16-10-4-3-8(12)5-9(10)11(13)15/h3-5,7,14H,6H2,1-2H3,(H2,13,15). The maximum atomic E-state index is 11.2. The van der Waals surface area contributed by atoms with E-state index in [4.69, 9.17) is 22.1 Å². The minimum atomic E-state index is -0.547. The molecular weight excluding hydrogens is 228 g/mol. The smallest absolute Gasteiger partial charge is 0.252 e. The van der Waals surface area contributed by atoms with E-state index < -0.39 is 5.91 Å². The van der Waals surface area contributed by atoms with Gasteiger partial charge in [0.15, 0.2) is 0 Å². The summed E-state index contributed by atoms with van der Waals surface area (Å²) in [4.78, 5) is 11.2. The Morgan fingerprint density at radius 1 is 1.62 bits per heavy atom. The van der Waals surface area contributed by atoms with Crippen LogP contribution in [0.15, 0.2) is 18.2 Å². The van der Waals surface area contributed by atoms with E-state index in [1.165, 1.54) is 6.07 Å². The van der Waals surface area contributed by atoms with Crippen molar-refractivity contribution in [2.24, 2.45) is 5.73 Å². The highest BCUT2D eigenvalue weighted by Crippen LogP contribution is 2.23. The lowest BCUT2D eigenvalue weighted by molar-refractivity contribution is 0.0994. The van der Waals surface area contributed by atoms with Crippen molar-refractivity contribution in [1.82, 2.24) is 5.32 Å². The number of amides is 1. The fourth-order valence-electron chi connectivity index (χ4n) is 1.34. The fourth-order valence-corrected chi connectivity index (χ4v) is 1.52. The third-order valence-electron chi connectivity index (χ3n) is 2.03. The molecule has 0 aliphatic carbocycles. The van der Waals surface area contributed by atoms with Gasteiger partial charge in [0.05, 0.1) is 5.56 Å². The summed E-state index contributed by atoms with van der Waals surface area (Å²) < 4.78 is 5.58. The van der Waals surface area contributed by atoms with Crippen LogP contribution in [-0.4, -0.2) is 25.6 Å². The van der Waals surface area contributed by atoms with Gasteiger partial charge in [0.2, 0.25) is 0 Å². The number of nitrogens with one attached hydrogen (secondary N) is 1. The normalized spacial score (nSPS) is 12.2. The van der Waals surface area contributed by atoms with Gasteiger partial charge in [-0.25, -0.2) is 0 Å². The fraction of sp³-hybridized carbons (Fsp3) is 0.364. The molecule has 1 aromatic carbocycles. The van der Waals surface area contributed by atoms with Gasteiger partial charge in [-0.15, -0.1) is 0 Å². The molecule has 0 spiro atoms. The van der Waals surface area contributed by atoms with E-state index in [0.29, 0.717) is 22.9 Å². The van der Waals surface area contributed by atoms with E-state index in [1.54, 1.807) is 12.1 Å². The van der Waals surface area contributed by atoms with Gasteiger partial charge in [0, 0.05) is 11.6 Å². The van der Waals surface area contributed by atoms with Crippen molar-refractivity contribution in [2.45, 2.75) is 13.0 Å². The molecule has 0 saturated carbocycles. The first-order chi connectivity index (χ1) is 7.54. The molecule has 0 bridgehead atoms. The predicted molar refractivity (Wildman–Crippen MR) is 64.0 cm³/mol. The van der Waals surface area contributed by atoms with Gasteiger partial charge in [0.1, 0.15) is 11.9 Å². The average molecular weight is 243 g/mol. The molecule has 3 N–H and O–H groups in total. The molecule has 0 heterocycles. The van der Waals surface area contributed by atoms with E-state index in [2.05, 4.69) is 5.32 Å². The number of carbonyl (C=O) groups excluding carboxylic acids is 1. The number of likely N-dealkylation sites (N-methyl/N-ethyl adjacent to an activating group) is 1. The van der Waals surface area contributed by atoms with E-state index in [1.807, 2.05) is 14.0 Å². The molecule has 0 aromatic heterocycles. The average Bonchev–Trinajstić information content (AvgIpc) is 2.20. The zero-order valence-electron chi connectivity index (χ0n) is 9.29.